The van der Waals surface area contributed by atoms with Gasteiger partial charge in [-0.2, -0.15) is 9.97 Å². The Bertz CT molecular complexity index is 3520. The third-order valence-electron chi connectivity index (χ3n) is 13.9. The molecule has 0 bridgehead atoms. The highest BCUT2D eigenvalue weighted by molar-refractivity contribution is 6.19. The first kappa shape index (κ1) is 38.1. The summed E-state index contributed by atoms with van der Waals surface area (Å²) in [6, 6.07) is 67.6. The van der Waals surface area contributed by atoms with E-state index in [4.69, 9.17) is 15.0 Å². The Balaban J connectivity index is 0.977. The minimum atomic E-state index is 0.177. The van der Waals surface area contributed by atoms with Crippen LogP contribution in [-0.4, -0.2) is 24.1 Å². The van der Waals surface area contributed by atoms with Gasteiger partial charge in [-0.3, -0.25) is 4.57 Å². The molecule has 0 saturated heterocycles. The number of nitrogens with zero attached hydrogens (tertiary/aromatic N) is 5. The van der Waals surface area contributed by atoms with E-state index in [1.807, 2.05) is 36.4 Å². The lowest BCUT2D eigenvalue weighted by molar-refractivity contribution is 0.332. The zero-order valence-corrected chi connectivity index (χ0v) is 36.5. The van der Waals surface area contributed by atoms with Crippen LogP contribution >= 0.6 is 0 Å². The number of rotatable bonds is 6. The molecule has 0 unspecified atom stereocenters. The standard InChI is InChI=1S/C59H47N5/c1-58(2)33-34-59(3,4)50-35-43(29-32-49(50)58)40-25-23-38(24-26-40)39-27-30-44(31-28-39)63-51-21-13-11-19-45(51)47-36-48-46-20-12-14-22-52(46)64(54(48)37-53(47)63)57-61-55(41-15-7-5-8-16-41)60-56(62-57)42-17-9-6-10-18-42/h5-32,35-37H,33-34H2,1-4H3. The Morgan fingerprint density at radius 3 is 1.38 bits per heavy atom. The Hall–Kier alpha value is -7.63. The van der Waals surface area contributed by atoms with E-state index in [0.717, 1.165) is 49.7 Å². The molecule has 3 heterocycles. The molecule has 0 N–H and O–H groups in total. The fraction of sp³-hybridized carbons (Fsp3) is 0.136. The van der Waals surface area contributed by atoms with Gasteiger partial charge in [0.25, 0.3) is 0 Å². The molecule has 308 valence electrons. The third kappa shape index (κ3) is 6.17. The Morgan fingerprint density at radius 1 is 0.344 bits per heavy atom. The van der Waals surface area contributed by atoms with Crippen LogP contribution in [0.3, 0.4) is 0 Å². The molecule has 5 nitrogen and oxygen atoms in total. The molecule has 11 aromatic rings. The predicted octanol–water partition coefficient (Wildman–Crippen LogP) is 15.1. The van der Waals surface area contributed by atoms with Gasteiger partial charge in [0.1, 0.15) is 0 Å². The van der Waals surface area contributed by atoms with Crippen molar-refractivity contribution in [1.82, 2.24) is 24.1 Å². The van der Waals surface area contributed by atoms with Crippen LogP contribution in [0.1, 0.15) is 51.7 Å². The molecule has 64 heavy (non-hydrogen) atoms. The van der Waals surface area contributed by atoms with Gasteiger partial charge < -0.3 is 4.57 Å². The molecule has 5 heteroatoms. The molecule has 0 saturated carbocycles. The predicted molar refractivity (Wildman–Crippen MR) is 266 cm³/mol. The number of hydrogen-bond donors (Lipinski definition) is 0. The van der Waals surface area contributed by atoms with Crippen molar-refractivity contribution in [2.45, 2.75) is 51.4 Å². The molecule has 0 spiro atoms. The first-order valence-corrected chi connectivity index (χ1v) is 22.4. The summed E-state index contributed by atoms with van der Waals surface area (Å²) in [6.07, 6.45) is 2.43. The molecule has 0 atom stereocenters. The van der Waals surface area contributed by atoms with Crippen molar-refractivity contribution >= 4 is 43.6 Å². The van der Waals surface area contributed by atoms with Crippen LogP contribution in [-0.2, 0) is 10.8 Å². The van der Waals surface area contributed by atoms with Crippen molar-refractivity contribution in [2.24, 2.45) is 0 Å². The summed E-state index contributed by atoms with van der Waals surface area (Å²) >= 11 is 0. The number of benzene rings is 8. The van der Waals surface area contributed by atoms with Gasteiger partial charge in [0, 0.05) is 38.4 Å². The summed E-state index contributed by atoms with van der Waals surface area (Å²) in [5.74, 6) is 1.84. The van der Waals surface area contributed by atoms with E-state index in [1.165, 1.54) is 57.0 Å². The van der Waals surface area contributed by atoms with Crippen molar-refractivity contribution < 1.29 is 0 Å². The zero-order valence-electron chi connectivity index (χ0n) is 36.5. The number of aromatic nitrogens is 5. The van der Waals surface area contributed by atoms with Gasteiger partial charge in [-0.15, -0.1) is 0 Å². The van der Waals surface area contributed by atoms with Gasteiger partial charge in [0.2, 0.25) is 5.95 Å². The van der Waals surface area contributed by atoms with Crippen LogP contribution in [0.2, 0.25) is 0 Å². The van der Waals surface area contributed by atoms with Crippen molar-refractivity contribution in [3.63, 3.8) is 0 Å². The van der Waals surface area contributed by atoms with Gasteiger partial charge >= 0.3 is 0 Å². The maximum absolute atomic E-state index is 5.20. The van der Waals surface area contributed by atoms with Crippen LogP contribution in [0, 0.1) is 0 Å². The van der Waals surface area contributed by atoms with E-state index in [-0.39, 0.29) is 10.8 Å². The molecule has 0 aliphatic heterocycles. The van der Waals surface area contributed by atoms with Gasteiger partial charge in [-0.1, -0.05) is 179 Å². The average Bonchev–Trinajstić information content (AvgIpc) is 3.84. The second-order valence-electron chi connectivity index (χ2n) is 18.8. The fourth-order valence-electron chi connectivity index (χ4n) is 10.2. The first-order valence-electron chi connectivity index (χ1n) is 22.4. The second-order valence-corrected chi connectivity index (χ2v) is 18.8. The van der Waals surface area contributed by atoms with Crippen molar-refractivity contribution in [3.05, 3.63) is 199 Å². The largest absolute Gasteiger partial charge is 0.309 e. The number of hydrogen-bond acceptors (Lipinski definition) is 3. The summed E-state index contributed by atoms with van der Waals surface area (Å²) < 4.78 is 4.61. The maximum atomic E-state index is 5.20. The molecule has 3 aromatic heterocycles. The minimum absolute atomic E-state index is 0.177. The van der Waals surface area contributed by atoms with E-state index >= 15 is 0 Å². The molecule has 0 amide bonds. The van der Waals surface area contributed by atoms with E-state index in [1.54, 1.807) is 0 Å². The van der Waals surface area contributed by atoms with Gasteiger partial charge in [0.05, 0.1) is 22.1 Å². The van der Waals surface area contributed by atoms with E-state index in [0.29, 0.717) is 17.6 Å². The monoisotopic (exact) mass is 825 g/mol. The van der Waals surface area contributed by atoms with Crippen LogP contribution < -0.4 is 0 Å². The summed E-state index contributed by atoms with van der Waals surface area (Å²) in [4.78, 5) is 15.4. The highest BCUT2D eigenvalue weighted by atomic mass is 15.2. The van der Waals surface area contributed by atoms with E-state index in [2.05, 4.69) is 188 Å². The van der Waals surface area contributed by atoms with Crippen molar-refractivity contribution in [1.29, 1.82) is 0 Å². The molecule has 1 aliphatic rings. The van der Waals surface area contributed by atoms with Crippen LogP contribution in [0.25, 0.3) is 100 Å². The molecule has 1 aliphatic carbocycles. The zero-order chi connectivity index (χ0) is 43.2. The molecule has 12 rings (SSSR count). The second kappa shape index (κ2) is 14.5. The highest BCUT2D eigenvalue weighted by Crippen LogP contribution is 2.47. The maximum Gasteiger partial charge on any atom is 0.238 e. The Kier molecular flexibility index (Phi) is 8.61. The van der Waals surface area contributed by atoms with Crippen LogP contribution in [0.15, 0.2) is 188 Å². The first-order chi connectivity index (χ1) is 31.2. The van der Waals surface area contributed by atoms with Crippen LogP contribution in [0.4, 0.5) is 0 Å². The molecule has 0 fully saturated rings. The normalized spacial score (nSPS) is 14.4. The summed E-state index contributed by atoms with van der Waals surface area (Å²) in [7, 11) is 0. The SMILES string of the molecule is CC1(C)CCC(C)(C)c2cc(-c3ccc(-c4ccc(-n5c6ccccc6c6cc7c8ccccc8n(-c8nc(-c9ccccc9)nc(-c9ccccc9)n8)c7cc65)cc4)cc3)ccc21. The van der Waals surface area contributed by atoms with Gasteiger partial charge in [-0.05, 0) is 93.5 Å². The minimum Gasteiger partial charge on any atom is -0.309 e. The number of fused-ring (bicyclic) bond motifs is 7. The summed E-state index contributed by atoms with van der Waals surface area (Å²) in [6.45, 7) is 9.58. The molecule has 8 aromatic carbocycles. The Labute approximate surface area is 373 Å². The van der Waals surface area contributed by atoms with Crippen LogP contribution in [0.5, 0.6) is 0 Å². The summed E-state index contributed by atoms with van der Waals surface area (Å²) in [5, 5.41) is 4.71. The molecular weight excluding hydrogens is 779 g/mol. The third-order valence-corrected chi connectivity index (χ3v) is 13.9. The molecular formula is C59H47N5. The quantitative estimate of drug-likeness (QED) is 0.168. The number of para-hydroxylation sites is 2. The highest BCUT2D eigenvalue weighted by Gasteiger charge is 2.37. The van der Waals surface area contributed by atoms with Crippen molar-refractivity contribution in [2.75, 3.05) is 0 Å². The Morgan fingerprint density at radius 2 is 0.797 bits per heavy atom. The van der Waals surface area contributed by atoms with Crippen molar-refractivity contribution in [3.8, 4) is 56.7 Å². The lowest BCUT2D eigenvalue weighted by atomic mass is 9.63. The molecule has 0 radical (unpaired) electrons. The summed E-state index contributed by atoms with van der Waals surface area (Å²) in [5.41, 5.74) is 15.6. The lowest BCUT2D eigenvalue weighted by Gasteiger charge is -2.42. The lowest BCUT2D eigenvalue weighted by Crippen LogP contribution is -2.33. The van der Waals surface area contributed by atoms with Gasteiger partial charge in [-0.25, -0.2) is 4.98 Å². The smallest absolute Gasteiger partial charge is 0.238 e. The fourth-order valence-corrected chi connectivity index (χ4v) is 10.2. The topological polar surface area (TPSA) is 48.5 Å². The van der Waals surface area contributed by atoms with Gasteiger partial charge in [0.15, 0.2) is 11.6 Å². The van der Waals surface area contributed by atoms with E-state index < -0.39 is 0 Å². The van der Waals surface area contributed by atoms with E-state index in [9.17, 15) is 0 Å². The average molecular weight is 826 g/mol.